The molecule has 5 rings (SSSR count). The van der Waals surface area contributed by atoms with Crippen LogP contribution in [0.25, 0.3) is 5.65 Å². The van der Waals surface area contributed by atoms with E-state index in [4.69, 9.17) is 5.73 Å². The number of urea groups is 1. The van der Waals surface area contributed by atoms with E-state index in [1.165, 1.54) is 11.9 Å². The number of nitrogens with two attached hydrogens (primary N) is 1. The fraction of sp³-hybridized carbons (Fsp3) is 0.577. The summed E-state index contributed by atoms with van der Waals surface area (Å²) in [5, 5.41) is 6.88. The maximum absolute atomic E-state index is 13.7. The van der Waals surface area contributed by atoms with E-state index in [0.29, 0.717) is 36.2 Å². The molecule has 13 heteroatoms. The van der Waals surface area contributed by atoms with Crippen LogP contribution in [0.2, 0.25) is 0 Å². The lowest BCUT2D eigenvalue weighted by atomic mass is 9.84. The van der Waals surface area contributed by atoms with Crippen molar-refractivity contribution in [3.8, 4) is 12.8 Å². The Morgan fingerprint density at radius 2 is 1.90 bits per heavy atom. The molecule has 9 nitrogen and oxygen atoms in total. The van der Waals surface area contributed by atoms with Crippen molar-refractivity contribution in [2.24, 2.45) is 28.5 Å². The number of imidazole rings is 1. The van der Waals surface area contributed by atoms with E-state index in [1.807, 2.05) is 0 Å². The van der Waals surface area contributed by atoms with Crippen molar-refractivity contribution in [1.82, 2.24) is 24.8 Å². The average molecular weight is 552 g/mol. The highest BCUT2D eigenvalue weighted by atomic mass is 19.3. The van der Waals surface area contributed by atoms with Crippen LogP contribution in [-0.4, -0.2) is 69.1 Å². The molecule has 2 saturated carbocycles. The lowest BCUT2D eigenvalue weighted by molar-refractivity contribution is -0.112. The number of carbonyl (C=O) groups is 2. The molecular formula is C26H33F4N7O2. The molecule has 2 aliphatic carbocycles. The molecule has 2 aromatic heterocycles. The predicted molar refractivity (Wildman–Crippen MR) is 137 cm³/mol. The number of amides is 3. The SMILES string of the molecule is C#C.CN=C(C)C(N)=O.O=C1NCC2C(CN1Cc1cnn3cc(CC4CCC(F)(F)CC4)nc3c1)C2(F)F. The zero-order valence-corrected chi connectivity index (χ0v) is 21.9. The van der Waals surface area contributed by atoms with Gasteiger partial charge >= 0.3 is 6.03 Å². The number of aromatic nitrogens is 3. The number of fused-ring (bicyclic) bond motifs is 2. The second-order valence-electron chi connectivity index (χ2n) is 10.0. The van der Waals surface area contributed by atoms with Crippen LogP contribution in [0, 0.1) is 30.6 Å². The first-order valence-electron chi connectivity index (χ1n) is 12.6. The van der Waals surface area contributed by atoms with E-state index in [-0.39, 0.29) is 44.4 Å². The molecular weight excluding hydrogens is 518 g/mol. The Morgan fingerprint density at radius 3 is 2.49 bits per heavy atom. The van der Waals surface area contributed by atoms with E-state index in [9.17, 15) is 27.2 Å². The van der Waals surface area contributed by atoms with Crippen LogP contribution in [0.4, 0.5) is 22.4 Å². The van der Waals surface area contributed by atoms with Crippen molar-refractivity contribution in [2.45, 2.75) is 57.4 Å². The van der Waals surface area contributed by atoms with Crippen molar-refractivity contribution < 1.29 is 27.2 Å². The number of hydrogen-bond donors (Lipinski definition) is 2. The van der Waals surface area contributed by atoms with Gasteiger partial charge in [-0.1, -0.05) is 0 Å². The van der Waals surface area contributed by atoms with Gasteiger partial charge in [0.05, 0.1) is 35.6 Å². The van der Waals surface area contributed by atoms with Crippen molar-refractivity contribution in [2.75, 3.05) is 20.1 Å². The van der Waals surface area contributed by atoms with Crippen LogP contribution in [0.5, 0.6) is 0 Å². The average Bonchev–Trinajstić information content (AvgIpc) is 3.25. The Morgan fingerprint density at radius 1 is 1.23 bits per heavy atom. The number of terminal acetylenes is 1. The lowest BCUT2D eigenvalue weighted by Gasteiger charge is -2.27. The summed E-state index contributed by atoms with van der Waals surface area (Å²) in [7, 11) is 1.53. The summed E-state index contributed by atoms with van der Waals surface area (Å²) in [6.07, 6.45) is 12.8. The minimum Gasteiger partial charge on any atom is -0.365 e. The Balaban J connectivity index is 0.000000409. The summed E-state index contributed by atoms with van der Waals surface area (Å²) in [6.45, 7) is 1.76. The monoisotopic (exact) mass is 551 g/mol. The van der Waals surface area contributed by atoms with Crippen molar-refractivity contribution in [3.05, 3.63) is 29.7 Å². The molecule has 0 aromatic carbocycles. The van der Waals surface area contributed by atoms with Gasteiger partial charge in [-0.25, -0.2) is 31.9 Å². The van der Waals surface area contributed by atoms with Crippen LogP contribution in [0.3, 0.4) is 0 Å². The third-order valence-electron chi connectivity index (χ3n) is 7.37. The summed E-state index contributed by atoms with van der Waals surface area (Å²) in [6, 6.07) is 1.43. The summed E-state index contributed by atoms with van der Waals surface area (Å²) >= 11 is 0. The van der Waals surface area contributed by atoms with Gasteiger partial charge in [0.2, 0.25) is 5.92 Å². The van der Waals surface area contributed by atoms with Crippen LogP contribution in [0.1, 0.15) is 43.9 Å². The Kier molecular flexibility index (Phi) is 9.19. The number of hydrogen-bond acceptors (Lipinski definition) is 5. The van der Waals surface area contributed by atoms with Gasteiger partial charge < -0.3 is 16.0 Å². The number of alkyl halides is 4. The predicted octanol–water partition coefficient (Wildman–Crippen LogP) is 3.32. The van der Waals surface area contributed by atoms with Gasteiger partial charge in [-0.3, -0.25) is 9.79 Å². The van der Waals surface area contributed by atoms with E-state index >= 15 is 0 Å². The number of aliphatic imine (C=N–C) groups is 1. The van der Waals surface area contributed by atoms with Crippen LogP contribution in [-0.2, 0) is 17.8 Å². The summed E-state index contributed by atoms with van der Waals surface area (Å²) in [5.74, 6) is -7.10. The molecule has 2 unspecified atom stereocenters. The van der Waals surface area contributed by atoms with Crippen molar-refractivity contribution in [1.29, 1.82) is 0 Å². The van der Waals surface area contributed by atoms with Gasteiger partial charge in [0.1, 0.15) is 0 Å². The molecule has 2 aromatic rings. The van der Waals surface area contributed by atoms with Gasteiger partial charge in [-0.15, -0.1) is 12.8 Å². The summed E-state index contributed by atoms with van der Waals surface area (Å²) in [5.41, 5.74) is 7.23. The van der Waals surface area contributed by atoms with E-state index < -0.39 is 29.6 Å². The Bertz CT molecular complexity index is 1230. The zero-order chi connectivity index (χ0) is 29.0. The fourth-order valence-corrected chi connectivity index (χ4v) is 4.83. The van der Waals surface area contributed by atoms with E-state index in [2.05, 4.69) is 33.2 Å². The van der Waals surface area contributed by atoms with Crippen LogP contribution < -0.4 is 11.1 Å². The molecule has 2 atom stereocenters. The Hall–Kier alpha value is -3.69. The molecule has 3 N–H and O–H groups in total. The van der Waals surface area contributed by atoms with Gasteiger partial charge in [-0.2, -0.15) is 5.10 Å². The molecule has 1 saturated heterocycles. The summed E-state index contributed by atoms with van der Waals surface area (Å²) in [4.78, 5) is 31.7. The van der Waals surface area contributed by atoms with E-state index in [0.717, 1.165) is 5.69 Å². The molecule has 0 bridgehead atoms. The molecule has 3 amide bonds. The molecule has 3 aliphatic rings. The number of nitrogens with zero attached hydrogens (tertiary/aromatic N) is 5. The maximum Gasteiger partial charge on any atom is 0.317 e. The number of rotatable bonds is 5. The summed E-state index contributed by atoms with van der Waals surface area (Å²) < 4.78 is 55.7. The molecule has 3 heterocycles. The highest BCUT2D eigenvalue weighted by Gasteiger charge is 2.69. The normalized spacial score (nSPS) is 23.7. The molecule has 0 spiro atoms. The minimum absolute atomic E-state index is 0.000994. The fourth-order valence-electron chi connectivity index (χ4n) is 4.83. The molecule has 0 radical (unpaired) electrons. The largest absolute Gasteiger partial charge is 0.365 e. The van der Waals surface area contributed by atoms with E-state index in [1.54, 1.807) is 29.9 Å². The third kappa shape index (κ3) is 7.25. The first kappa shape index (κ1) is 29.9. The first-order chi connectivity index (χ1) is 18.4. The lowest BCUT2D eigenvalue weighted by Crippen LogP contribution is -2.40. The van der Waals surface area contributed by atoms with Crippen LogP contribution in [0.15, 0.2) is 23.5 Å². The molecule has 39 heavy (non-hydrogen) atoms. The van der Waals surface area contributed by atoms with Gasteiger partial charge in [0.25, 0.3) is 11.8 Å². The van der Waals surface area contributed by atoms with Crippen molar-refractivity contribution in [3.63, 3.8) is 0 Å². The highest BCUT2D eigenvalue weighted by molar-refractivity contribution is 6.37. The molecule has 1 aliphatic heterocycles. The first-order valence-corrected chi connectivity index (χ1v) is 12.6. The smallest absolute Gasteiger partial charge is 0.317 e. The number of primary amides is 1. The van der Waals surface area contributed by atoms with Gasteiger partial charge in [0.15, 0.2) is 5.65 Å². The quantitative estimate of drug-likeness (QED) is 0.337. The Labute approximate surface area is 224 Å². The second kappa shape index (κ2) is 12.0. The van der Waals surface area contributed by atoms with Crippen LogP contribution >= 0.6 is 0 Å². The number of halogens is 4. The second-order valence-corrected chi connectivity index (χ2v) is 10.0. The van der Waals surface area contributed by atoms with Gasteiger partial charge in [-0.05, 0) is 43.7 Å². The topological polar surface area (TPSA) is 118 Å². The number of carbonyl (C=O) groups excluding carboxylic acids is 2. The molecule has 212 valence electrons. The third-order valence-corrected chi connectivity index (χ3v) is 7.37. The standard InChI is InChI=1S/C20H23F4N5O.C4H8N2O.C2H2/c21-19(22)3-1-12(2-4-19)5-14-10-29-17(27-14)6-13(7-26-29)9-28-11-16-15(20(16,23)24)8-25-18(28)30;1-3(6-2)4(5)7;1-2/h6-7,10,12,15-16H,1-5,8-9,11H2,(H,25,30);1-2H3,(H2,5,7);1-2H. The minimum atomic E-state index is -2.71. The maximum atomic E-state index is 13.7. The van der Waals surface area contributed by atoms with Gasteiger partial charge in [0, 0.05) is 39.5 Å². The highest BCUT2D eigenvalue weighted by Crippen LogP contribution is 2.55. The number of nitrogens with one attached hydrogen (secondary N) is 1. The zero-order valence-electron chi connectivity index (χ0n) is 21.9. The van der Waals surface area contributed by atoms with Crippen molar-refractivity contribution >= 4 is 23.3 Å². The molecule has 3 fully saturated rings.